The van der Waals surface area contributed by atoms with Crippen LogP contribution in [0.15, 0.2) is 43.0 Å². The number of hydrogen-bond donors (Lipinski definition) is 1. The van der Waals surface area contributed by atoms with Gasteiger partial charge in [-0.3, -0.25) is 14.5 Å². The van der Waals surface area contributed by atoms with Crippen LogP contribution in [0.4, 0.5) is 0 Å². The Balaban J connectivity index is 1.63. The highest BCUT2D eigenvalue weighted by atomic mass is 32.2. The molecule has 0 radical (unpaired) electrons. The van der Waals surface area contributed by atoms with Crippen molar-refractivity contribution in [3.8, 4) is 5.69 Å². The van der Waals surface area contributed by atoms with Gasteiger partial charge in [-0.1, -0.05) is 18.2 Å². The fourth-order valence-corrected chi connectivity index (χ4v) is 3.60. The average molecular weight is 362 g/mol. The highest BCUT2D eigenvalue weighted by Crippen LogP contribution is 2.15. The van der Waals surface area contributed by atoms with Crippen molar-refractivity contribution in [2.45, 2.75) is 19.4 Å². The van der Waals surface area contributed by atoms with Crippen molar-refractivity contribution >= 4 is 21.8 Å². The van der Waals surface area contributed by atoms with Gasteiger partial charge >= 0.3 is 0 Å². The molecule has 1 aliphatic rings. The topological polar surface area (TPSA) is 101 Å². The largest absolute Gasteiger partial charge is 0.306 e. The molecule has 8 nitrogen and oxygen atoms in total. The SMILES string of the molecule is O=C1CCC(=O)N1CCS(=O)(=O)NCc1ccccc1-n1ccnc1. The molecular weight excluding hydrogens is 344 g/mol. The molecule has 1 aromatic carbocycles. The molecule has 0 saturated carbocycles. The van der Waals surface area contributed by atoms with Gasteiger partial charge in [0.25, 0.3) is 0 Å². The van der Waals surface area contributed by atoms with Gasteiger partial charge < -0.3 is 4.57 Å². The van der Waals surface area contributed by atoms with Crippen molar-refractivity contribution in [1.29, 1.82) is 0 Å². The van der Waals surface area contributed by atoms with Gasteiger partial charge in [0.2, 0.25) is 21.8 Å². The van der Waals surface area contributed by atoms with E-state index in [1.54, 1.807) is 23.3 Å². The molecule has 0 atom stereocenters. The third-order valence-corrected chi connectivity index (χ3v) is 5.30. The first-order chi connectivity index (χ1) is 12.0. The zero-order chi connectivity index (χ0) is 17.9. The molecule has 0 aliphatic carbocycles. The maximum atomic E-state index is 12.2. The van der Waals surface area contributed by atoms with Gasteiger partial charge in [0.05, 0.1) is 17.8 Å². The molecule has 2 amide bonds. The first kappa shape index (κ1) is 17.3. The van der Waals surface area contributed by atoms with Gasteiger partial charge in [0, 0.05) is 38.3 Å². The fraction of sp³-hybridized carbons (Fsp3) is 0.312. The lowest BCUT2D eigenvalue weighted by Crippen LogP contribution is -2.37. The first-order valence-electron chi connectivity index (χ1n) is 7.83. The third kappa shape index (κ3) is 4.12. The molecule has 1 aromatic heterocycles. The highest BCUT2D eigenvalue weighted by Gasteiger charge is 2.29. The molecule has 1 N–H and O–H groups in total. The van der Waals surface area contributed by atoms with Crippen molar-refractivity contribution in [1.82, 2.24) is 19.2 Å². The molecule has 1 fully saturated rings. The Morgan fingerprint density at radius 3 is 2.52 bits per heavy atom. The lowest BCUT2D eigenvalue weighted by atomic mass is 10.2. The highest BCUT2D eigenvalue weighted by molar-refractivity contribution is 7.89. The Labute approximate surface area is 145 Å². The number of imidazole rings is 1. The summed E-state index contributed by atoms with van der Waals surface area (Å²) >= 11 is 0. The number of para-hydroxylation sites is 1. The summed E-state index contributed by atoms with van der Waals surface area (Å²) < 4.78 is 28.7. The predicted octanol–water partition coefficient (Wildman–Crippen LogP) is 0.441. The van der Waals surface area contributed by atoms with E-state index in [4.69, 9.17) is 0 Å². The van der Waals surface area contributed by atoms with Crippen LogP contribution >= 0.6 is 0 Å². The molecule has 2 aromatic rings. The van der Waals surface area contributed by atoms with Crippen molar-refractivity contribution in [3.63, 3.8) is 0 Å². The number of aromatic nitrogens is 2. The first-order valence-corrected chi connectivity index (χ1v) is 9.48. The number of imide groups is 1. The third-order valence-electron chi connectivity index (χ3n) is 4.00. The Hall–Kier alpha value is -2.52. The molecule has 3 rings (SSSR count). The number of nitrogens with one attached hydrogen (secondary N) is 1. The van der Waals surface area contributed by atoms with Crippen molar-refractivity contribution in [3.05, 3.63) is 48.5 Å². The molecule has 25 heavy (non-hydrogen) atoms. The summed E-state index contributed by atoms with van der Waals surface area (Å²) in [5.74, 6) is -0.936. The minimum Gasteiger partial charge on any atom is -0.306 e. The molecule has 0 spiro atoms. The normalized spacial score (nSPS) is 15.1. The van der Waals surface area contributed by atoms with Gasteiger partial charge in [-0.2, -0.15) is 0 Å². The minimum atomic E-state index is -3.62. The van der Waals surface area contributed by atoms with E-state index in [-0.39, 0.29) is 43.5 Å². The van der Waals surface area contributed by atoms with Crippen LogP contribution in [0.2, 0.25) is 0 Å². The molecule has 1 aliphatic heterocycles. The lowest BCUT2D eigenvalue weighted by Gasteiger charge is -2.15. The molecule has 0 unspecified atom stereocenters. The number of carbonyl (C=O) groups is 2. The summed E-state index contributed by atoms with van der Waals surface area (Å²) in [6.45, 7) is -0.00521. The van der Waals surface area contributed by atoms with Gasteiger partial charge in [-0.05, 0) is 11.6 Å². The summed E-state index contributed by atoms with van der Waals surface area (Å²) in [6.07, 6.45) is 5.37. The number of amides is 2. The lowest BCUT2D eigenvalue weighted by molar-refractivity contribution is -0.137. The van der Waals surface area contributed by atoms with E-state index in [2.05, 4.69) is 9.71 Å². The number of sulfonamides is 1. The predicted molar refractivity (Wildman–Crippen MR) is 90.1 cm³/mol. The molecule has 9 heteroatoms. The van der Waals surface area contributed by atoms with E-state index in [1.165, 1.54) is 0 Å². The van der Waals surface area contributed by atoms with E-state index in [1.807, 2.05) is 24.3 Å². The monoisotopic (exact) mass is 362 g/mol. The summed E-state index contributed by atoms with van der Waals surface area (Å²) in [6, 6.07) is 7.38. The number of rotatable bonds is 7. The Morgan fingerprint density at radius 2 is 1.84 bits per heavy atom. The molecule has 132 valence electrons. The summed E-state index contributed by atoms with van der Waals surface area (Å²) in [4.78, 5) is 28.1. The number of likely N-dealkylation sites (tertiary alicyclic amines) is 1. The smallest absolute Gasteiger partial charge is 0.229 e. The summed E-state index contributed by atoms with van der Waals surface area (Å²) in [7, 11) is -3.62. The van der Waals surface area contributed by atoms with Crippen LogP contribution in [0.25, 0.3) is 5.69 Å². The van der Waals surface area contributed by atoms with Crippen molar-refractivity contribution < 1.29 is 18.0 Å². The zero-order valence-corrected chi connectivity index (χ0v) is 14.3. The molecule has 2 heterocycles. The Morgan fingerprint density at radius 1 is 1.12 bits per heavy atom. The van der Waals surface area contributed by atoms with E-state index in [9.17, 15) is 18.0 Å². The van der Waals surface area contributed by atoms with Crippen LogP contribution in [-0.2, 0) is 26.2 Å². The van der Waals surface area contributed by atoms with Crippen LogP contribution < -0.4 is 4.72 Å². The minimum absolute atomic E-state index is 0.110. The van der Waals surface area contributed by atoms with E-state index in [0.29, 0.717) is 0 Å². The number of hydrogen-bond acceptors (Lipinski definition) is 5. The van der Waals surface area contributed by atoms with E-state index >= 15 is 0 Å². The van der Waals surface area contributed by atoms with Crippen molar-refractivity contribution in [2.75, 3.05) is 12.3 Å². The van der Waals surface area contributed by atoms with Crippen LogP contribution in [0.1, 0.15) is 18.4 Å². The maximum Gasteiger partial charge on any atom is 0.229 e. The van der Waals surface area contributed by atoms with Gasteiger partial charge in [0.1, 0.15) is 0 Å². The van der Waals surface area contributed by atoms with Gasteiger partial charge in [-0.15, -0.1) is 0 Å². The average Bonchev–Trinajstić information content (AvgIpc) is 3.22. The van der Waals surface area contributed by atoms with Crippen LogP contribution in [0.3, 0.4) is 0 Å². The van der Waals surface area contributed by atoms with Crippen molar-refractivity contribution in [2.24, 2.45) is 0 Å². The Bertz CT molecular complexity index is 861. The summed E-state index contributed by atoms with van der Waals surface area (Å²) in [5, 5.41) is 0. The second-order valence-corrected chi connectivity index (χ2v) is 7.60. The second-order valence-electron chi connectivity index (χ2n) is 5.68. The zero-order valence-electron chi connectivity index (χ0n) is 13.5. The van der Waals surface area contributed by atoms with E-state index in [0.717, 1.165) is 16.2 Å². The van der Waals surface area contributed by atoms with Crippen LogP contribution in [0, 0.1) is 0 Å². The molecule has 1 saturated heterocycles. The number of benzene rings is 1. The van der Waals surface area contributed by atoms with Gasteiger partial charge in [0.15, 0.2) is 0 Å². The van der Waals surface area contributed by atoms with Crippen LogP contribution in [-0.4, -0.2) is 47.0 Å². The molecule has 0 bridgehead atoms. The Kier molecular flexibility index (Phi) is 4.95. The summed E-state index contributed by atoms with van der Waals surface area (Å²) in [5.41, 5.74) is 1.62. The van der Waals surface area contributed by atoms with Gasteiger partial charge in [-0.25, -0.2) is 18.1 Å². The van der Waals surface area contributed by atoms with Crippen LogP contribution in [0.5, 0.6) is 0 Å². The molecular formula is C16H18N4O4S. The quantitative estimate of drug-likeness (QED) is 0.720. The number of nitrogens with zero attached hydrogens (tertiary/aromatic N) is 3. The number of carbonyl (C=O) groups excluding carboxylic acids is 2. The second kappa shape index (κ2) is 7.16. The fourth-order valence-electron chi connectivity index (χ4n) is 2.66. The maximum absolute atomic E-state index is 12.2. The standard InChI is InChI=1S/C16H18N4O4S/c21-15-5-6-16(22)20(15)9-10-25(23,24)18-11-13-3-1-2-4-14(13)19-8-7-17-12-19/h1-4,7-8,12,18H,5-6,9-11H2. The van der Waals surface area contributed by atoms with E-state index < -0.39 is 10.0 Å².